The van der Waals surface area contributed by atoms with Crippen LogP contribution in [-0.4, -0.2) is 19.0 Å². The zero-order valence-corrected chi connectivity index (χ0v) is 6.01. The van der Waals surface area contributed by atoms with Crippen molar-refractivity contribution in [2.24, 2.45) is 11.8 Å². The molecule has 0 N–H and O–H groups in total. The van der Waals surface area contributed by atoms with Crippen molar-refractivity contribution in [2.75, 3.05) is 13.2 Å². The van der Waals surface area contributed by atoms with Crippen LogP contribution in [0.15, 0.2) is 0 Å². The van der Waals surface area contributed by atoms with Crippen LogP contribution in [0.1, 0.15) is 19.3 Å². The molecule has 2 heteroatoms. The van der Waals surface area contributed by atoms with Gasteiger partial charge in [0.15, 0.2) is 0 Å². The number of hydrogen-bond acceptors (Lipinski definition) is 2. The summed E-state index contributed by atoms with van der Waals surface area (Å²) in [4.78, 5) is 11.3. The van der Waals surface area contributed by atoms with Gasteiger partial charge < -0.3 is 4.74 Å². The molecule has 1 aliphatic heterocycles. The highest BCUT2D eigenvalue weighted by Crippen LogP contribution is 2.29. The van der Waals surface area contributed by atoms with E-state index in [0.29, 0.717) is 19.0 Å². The SMILES string of the molecule is O=C1C2CCCC1COC2. The zero-order valence-electron chi connectivity index (χ0n) is 6.01. The van der Waals surface area contributed by atoms with E-state index in [0.717, 1.165) is 12.8 Å². The van der Waals surface area contributed by atoms with Gasteiger partial charge in [0, 0.05) is 11.8 Å². The highest BCUT2D eigenvalue weighted by molar-refractivity contribution is 5.84. The number of carbonyl (C=O) groups is 1. The zero-order chi connectivity index (χ0) is 6.97. The van der Waals surface area contributed by atoms with Gasteiger partial charge in [0.1, 0.15) is 5.78 Å². The minimum absolute atomic E-state index is 0.257. The van der Waals surface area contributed by atoms with Gasteiger partial charge in [-0.15, -0.1) is 0 Å². The summed E-state index contributed by atoms with van der Waals surface area (Å²) in [6.07, 6.45) is 3.36. The number of ether oxygens (including phenoxy) is 1. The minimum atomic E-state index is 0.257. The van der Waals surface area contributed by atoms with Crippen LogP contribution in [-0.2, 0) is 9.53 Å². The van der Waals surface area contributed by atoms with Gasteiger partial charge in [-0.2, -0.15) is 0 Å². The highest BCUT2D eigenvalue weighted by Gasteiger charge is 2.34. The lowest BCUT2D eigenvalue weighted by Crippen LogP contribution is -2.39. The van der Waals surface area contributed by atoms with Gasteiger partial charge in [-0.05, 0) is 12.8 Å². The second-order valence-electron chi connectivity index (χ2n) is 3.26. The molecule has 1 aliphatic carbocycles. The number of carbonyl (C=O) groups excluding carboxylic acids is 1. The highest BCUT2D eigenvalue weighted by atomic mass is 16.5. The third kappa shape index (κ3) is 0.870. The van der Waals surface area contributed by atoms with Crippen molar-refractivity contribution in [3.63, 3.8) is 0 Å². The summed E-state index contributed by atoms with van der Waals surface area (Å²) in [7, 11) is 0. The van der Waals surface area contributed by atoms with Gasteiger partial charge in [0.25, 0.3) is 0 Å². The molecule has 2 unspecified atom stereocenters. The van der Waals surface area contributed by atoms with Crippen LogP contribution in [0, 0.1) is 11.8 Å². The molecule has 56 valence electrons. The Labute approximate surface area is 60.6 Å². The van der Waals surface area contributed by atoms with Gasteiger partial charge in [0.2, 0.25) is 0 Å². The summed E-state index contributed by atoms with van der Waals surface area (Å²) in [5.74, 6) is 0.984. The van der Waals surface area contributed by atoms with Crippen LogP contribution in [0.25, 0.3) is 0 Å². The largest absolute Gasteiger partial charge is 0.380 e. The van der Waals surface area contributed by atoms with Crippen molar-refractivity contribution in [2.45, 2.75) is 19.3 Å². The lowest BCUT2D eigenvalue weighted by molar-refractivity contribution is -0.140. The molecule has 0 amide bonds. The first-order valence-corrected chi connectivity index (χ1v) is 3.99. The molecule has 1 saturated carbocycles. The predicted octanol–water partition coefficient (Wildman–Crippen LogP) is 1.00. The number of Topliss-reactive ketones (excluding diaryl/α,β-unsaturated/α-hetero) is 1. The molecule has 0 radical (unpaired) electrons. The number of hydrogen-bond donors (Lipinski definition) is 0. The third-order valence-corrected chi connectivity index (χ3v) is 2.55. The fourth-order valence-corrected chi connectivity index (χ4v) is 1.91. The Kier molecular flexibility index (Phi) is 1.49. The van der Waals surface area contributed by atoms with E-state index >= 15 is 0 Å². The molecule has 0 spiro atoms. The van der Waals surface area contributed by atoms with Gasteiger partial charge in [-0.25, -0.2) is 0 Å². The van der Waals surface area contributed by atoms with E-state index in [2.05, 4.69) is 0 Å². The topological polar surface area (TPSA) is 26.3 Å². The fourth-order valence-electron chi connectivity index (χ4n) is 1.91. The maximum atomic E-state index is 11.3. The van der Waals surface area contributed by atoms with Gasteiger partial charge >= 0.3 is 0 Å². The Morgan fingerprint density at radius 3 is 2.30 bits per heavy atom. The molecule has 2 rings (SSSR count). The van der Waals surface area contributed by atoms with Crippen LogP contribution in [0.4, 0.5) is 0 Å². The summed E-state index contributed by atoms with van der Waals surface area (Å²) in [6, 6.07) is 0. The van der Waals surface area contributed by atoms with E-state index < -0.39 is 0 Å². The quantitative estimate of drug-likeness (QED) is 0.501. The maximum absolute atomic E-state index is 11.3. The minimum Gasteiger partial charge on any atom is -0.380 e. The molecule has 0 aromatic heterocycles. The van der Waals surface area contributed by atoms with Crippen molar-refractivity contribution in [1.82, 2.24) is 0 Å². The van der Waals surface area contributed by atoms with Crippen LogP contribution in [0.5, 0.6) is 0 Å². The van der Waals surface area contributed by atoms with Crippen molar-refractivity contribution in [3.05, 3.63) is 0 Å². The lowest BCUT2D eigenvalue weighted by atomic mass is 9.79. The molecule has 2 bridgehead atoms. The summed E-state index contributed by atoms with van der Waals surface area (Å²) in [5.41, 5.74) is 0. The van der Waals surface area contributed by atoms with E-state index in [-0.39, 0.29) is 11.8 Å². The first-order valence-electron chi connectivity index (χ1n) is 3.99. The average molecular weight is 140 g/mol. The van der Waals surface area contributed by atoms with E-state index in [9.17, 15) is 4.79 Å². The summed E-state index contributed by atoms with van der Waals surface area (Å²) in [5, 5.41) is 0. The molecule has 1 heterocycles. The molecule has 0 aromatic rings. The average Bonchev–Trinajstić information content (AvgIpc) is 1.86. The molecular formula is C8H12O2. The van der Waals surface area contributed by atoms with E-state index in [1.807, 2.05) is 0 Å². The van der Waals surface area contributed by atoms with Gasteiger partial charge in [-0.1, -0.05) is 6.42 Å². The molecular weight excluding hydrogens is 128 g/mol. The molecule has 2 aliphatic rings. The summed E-state index contributed by atoms with van der Waals surface area (Å²) < 4.78 is 5.29. The Bertz CT molecular complexity index is 129. The van der Waals surface area contributed by atoms with Crippen molar-refractivity contribution >= 4 is 5.78 Å². The van der Waals surface area contributed by atoms with E-state index in [1.165, 1.54) is 6.42 Å². The van der Waals surface area contributed by atoms with Gasteiger partial charge in [0.05, 0.1) is 13.2 Å². The first-order chi connectivity index (χ1) is 4.88. The second-order valence-corrected chi connectivity index (χ2v) is 3.26. The first kappa shape index (κ1) is 6.35. The Hall–Kier alpha value is -0.370. The van der Waals surface area contributed by atoms with E-state index in [4.69, 9.17) is 4.74 Å². The molecule has 0 aromatic carbocycles. The Morgan fingerprint density at radius 1 is 1.20 bits per heavy atom. The fraction of sp³-hybridized carbons (Fsp3) is 0.875. The molecule has 2 atom stereocenters. The Morgan fingerprint density at radius 2 is 1.80 bits per heavy atom. The normalized spacial score (nSPS) is 39.8. The second kappa shape index (κ2) is 2.35. The smallest absolute Gasteiger partial charge is 0.143 e. The van der Waals surface area contributed by atoms with Crippen molar-refractivity contribution in [3.8, 4) is 0 Å². The van der Waals surface area contributed by atoms with Crippen LogP contribution in [0.2, 0.25) is 0 Å². The lowest BCUT2D eigenvalue weighted by Gasteiger charge is -2.32. The Balaban J connectivity index is 2.12. The van der Waals surface area contributed by atoms with Gasteiger partial charge in [-0.3, -0.25) is 4.79 Å². The number of rotatable bonds is 0. The van der Waals surface area contributed by atoms with E-state index in [1.54, 1.807) is 0 Å². The molecule has 2 fully saturated rings. The van der Waals surface area contributed by atoms with Crippen LogP contribution >= 0.6 is 0 Å². The summed E-state index contributed by atoms with van der Waals surface area (Å²) in [6.45, 7) is 1.38. The van der Waals surface area contributed by atoms with Crippen LogP contribution < -0.4 is 0 Å². The summed E-state index contributed by atoms with van der Waals surface area (Å²) >= 11 is 0. The van der Waals surface area contributed by atoms with Crippen LogP contribution in [0.3, 0.4) is 0 Å². The molecule has 2 nitrogen and oxygen atoms in total. The maximum Gasteiger partial charge on any atom is 0.143 e. The molecule has 1 saturated heterocycles. The third-order valence-electron chi connectivity index (χ3n) is 2.55. The standard InChI is InChI=1S/C8H12O2/c9-8-6-2-1-3-7(8)5-10-4-6/h6-7H,1-5H2. The number of ketones is 1. The predicted molar refractivity (Wildman–Crippen MR) is 36.7 cm³/mol. The number of fused-ring (bicyclic) bond motifs is 2. The van der Waals surface area contributed by atoms with Crippen molar-refractivity contribution < 1.29 is 9.53 Å². The van der Waals surface area contributed by atoms with Crippen molar-refractivity contribution in [1.29, 1.82) is 0 Å². The molecule has 10 heavy (non-hydrogen) atoms. The monoisotopic (exact) mass is 140 g/mol.